The Balaban J connectivity index is 1.85. The first-order valence-corrected chi connectivity index (χ1v) is 10.8. The fraction of sp³-hybridized carbons (Fsp3) is 0.231. The predicted molar refractivity (Wildman–Crippen MR) is 126 cm³/mol. The minimum absolute atomic E-state index is 0.0195. The lowest BCUT2D eigenvalue weighted by atomic mass is 10.0. The summed E-state index contributed by atoms with van der Waals surface area (Å²) in [7, 11) is 1.56. The number of hydrogen-bond donors (Lipinski definition) is 2. The number of benzene rings is 3. The van der Waals surface area contributed by atoms with E-state index in [2.05, 4.69) is 10.7 Å². The van der Waals surface area contributed by atoms with Crippen molar-refractivity contribution in [1.82, 2.24) is 10.3 Å². The highest BCUT2D eigenvalue weighted by Gasteiger charge is 2.27. The first-order valence-electron chi connectivity index (χ1n) is 10.8. The van der Waals surface area contributed by atoms with Gasteiger partial charge in [0.15, 0.2) is 11.6 Å². The zero-order valence-corrected chi connectivity index (χ0v) is 19.3. The fourth-order valence-corrected chi connectivity index (χ4v) is 3.43. The van der Waals surface area contributed by atoms with Crippen LogP contribution in [-0.2, 0) is 11.2 Å². The lowest BCUT2D eigenvalue weighted by molar-refractivity contribution is -0.131. The maximum atomic E-state index is 13.8. The van der Waals surface area contributed by atoms with Crippen molar-refractivity contribution in [2.45, 2.75) is 26.3 Å². The molecule has 0 bridgehead atoms. The number of likely N-dealkylation sites (N-methyl/N-ethyl adjacent to an activating group) is 1. The van der Waals surface area contributed by atoms with Crippen LogP contribution in [0.4, 0.5) is 14.5 Å². The van der Waals surface area contributed by atoms with Crippen LogP contribution in [0.15, 0.2) is 66.7 Å². The van der Waals surface area contributed by atoms with E-state index < -0.39 is 29.5 Å². The molecule has 1 atom stereocenters. The topological polar surface area (TPSA) is 70.7 Å². The Labute approximate surface area is 197 Å². The van der Waals surface area contributed by atoms with Gasteiger partial charge < -0.3 is 10.1 Å². The van der Waals surface area contributed by atoms with Gasteiger partial charge in [0.05, 0.1) is 12.8 Å². The molecule has 2 amide bonds. The fourth-order valence-electron chi connectivity index (χ4n) is 3.43. The first-order chi connectivity index (χ1) is 16.3. The van der Waals surface area contributed by atoms with Crippen LogP contribution < -0.4 is 15.5 Å². The molecule has 1 unspecified atom stereocenters. The molecule has 178 valence electrons. The summed E-state index contributed by atoms with van der Waals surface area (Å²) in [5.41, 5.74) is 5.35. The summed E-state index contributed by atoms with van der Waals surface area (Å²) >= 11 is 0. The van der Waals surface area contributed by atoms with Crippen LogP contribution in [-0.4, -0.2) is 36.5 Å². The summed E-state index contributed by atoms with van der Waals surface area (Å²) < 4.78 is 32.4. The molecule has 3 aromatic rings. The number of aryl methyl sites for hydroxylation is 1. The third-order valence-corrected chi connectivity index (χ3v) is 5.24. The number of nitrogens with one attached hydrogen (secondary N) is 2. The van der Waals surface area contributed by atoms with Gasteiger partial charge in [-0.25, -0.2) is 8.78 Å². The predicted octanol–water partition coefficient (Wildman–Crippen LogP) is 4.50. The van der Waals surface area contributed by atoms with Gasteiger partial charge in [-0.3, -0.25) is 20.0 Å². The summed E-state index contributed by atoms with van der Waals surface area (Å²) in [6.45, 7) is 3.93. The molecule has 0 aliphatic heterocycles. The average molecular weight is 468 g/mol. The normalized spacial score (nSPS) is 11.4. The van der Waals surface area contributed by atoms with Crippen LogP contribution in [0.2, 0.25) is 0 Å². The number of ether oxygens (including phenoxy) is 1. The number of carbonyl (C=O) groups excluding carboxylic acids is 2. The Morgan fingerprint density at radius 3 is 2.35 bits per heavy atom. The van der Waals surface area contributed by atoms with Crippen LogP contribution in [0.1, 0.15) is 28.4 Å². The summed E-state index contributed by atoms with van der Waals surface area (Å²) in [6.07, 6.45) is -0.0195. The second-order valence-corrected chi connectivity index (χ2v) is 7.77. The average Bonchev–Trinajstić information content (AvgIpc) is 2.84. The number of hydrogen-bond acceptors (Lipinski definition) is 4. The van der Waals surface area contributed by atoms with Gasteiger partial charge in [0.1, 0.15) is 11.8 Å². The van der Waals surface area contributed by atoms with E-state index in [1.165, 1.54) is 11.1 Å². The van der Waals surface area contributed by atoms with E-state index in [9.17, 15) is 18.4 Å². The van der Waals surface area contributed by atoms with E-state index in [1.807, 2.05) is 13.0 Å². The molecule has 34 heavy (non-hydrogen) atoms. The third kappa shape index (κ3) is 6.31. The molecule has 2 N–H and O–H groups in total. The molecule has 0 radical (unpaired) electrons. The zero-order valence-electron chi connectivity index (χ0n) is 19.3. The molecule has 0 aromatic heterocycles. The Kier molecular flexibility index (Phi) is 8.19. The molecule has 0 aliphatic rings. The maximum absolute atomic E-state index is 13.8. The van der Waals surface area contributed by atoms with Crippen LogP contribution in [0, 0.1) is 18.6 Å². The van der Waals surface area contributed by atoms with Crippen molar-refractivity contribution in [2.24, 2.45) is 0 Å². The molecular weight excluding hydrogens is 440 g/mol. The highest BCUT2D eigenvalue weighted by atomic mass is 19.2. The quantitative estimate of drug-likeness (QED) is 0.455. The van der Waals surface area contributed by atoms with Crippen molar-refractivity contribution in [3.8, 4) is 5.75 Å². The van der Waals surface area contributed by atoms with Crippen molar-refractivity contribution in [3.63, 3.8) is 0 Å². The second-order valence-electron chi connectivity index (χ2n) is 7.77. The Bertz CT molecular complexity index is 1150. The van der Waals surface area contributed by atoms with Crippen LogP contribution in [0.3, 0.4) is 0 Å². The largest absolute Gasteiger partial charge is 0.497 e. The van der Waals surface area contributed by atoms with Gasteiger partial charge in [0.25, 0.3) is 11.8 Å². The summed E-state index contributed by atoms with van der Waals surface area (Å²) in [5, 5.41) is 4.12. The van der Waals surface area contributed by atoms with Crippen LogP contribution in [0.25, 0.3) is 0 Å². The number of methoxy groups -OCH3 is 1. The van der Waals surface area contributed by atoms with Gasteiger partial charge in [0.2, 0.25) is 0 Å². The van der Waals surface area contributed by atoms with E-state index in [0.29, 0.717) is 29.1 Å². The molecular formula is C26H27F2N3O3. The number of carbonyl (C=O) groups is 2. The van der Waals surface area contributed by atoms with Gasteiger partial charge in [0, 0.05) is 18.5 Å². The van der Waals surface area contributed by atoms with Crippen molar-refractivity contribution >= 4 is 17.5 Å². The SMILES string of the molecule is CCN(Nc1ccc(OC)cc1)C(=O)C(Cc1ccc(F)c(F)c1)NC(=O)c1cccc(C)c1. The van der Waals surface area contributed by atoms with E-state index >= 15 is 0 Å². The van der Waals surface area contributed by atoms with E-state index in [-0.39, 0.29) is 6.42 Å². The molecule has 0 saturated heterocycles. The summed E-state index contributed by atoms with van der Waals surface area (Å²) in [6, 6.07) is 16.4. The number of hydrazine groups is 1. The van der Waals surface area contributed by atoms with E-state index in [0.717, 1.165) is 17.7 Å². The van der Waals surface area contributed by atoms with Gasteiger partial charge in [-0.15, -0.1) is 0 Å². The highest BCUT2D eigenvalue weighted by molar-refractivity contribution is 5.98. The minimum atomic E-state index is -1.02. The van der Waals surface area contributed by atoms with Crippen molar-refractivity contribution in [2.75, 3.05) is 19.1 Å². The molecule has 3 aromatic carbocycles. The molecule has 0 heterocycles. The highest BCUT2D eigenvalue weighted by Crippen LogP contribution is 2.17. The van der Waals surface area contributed by atoms with E-state index in [1.54, 1.807) is 56.5 Å². The standard InChI is InChI=1S/C26H27F2N3O3/c1-4-31(30-20-9-11-21(34-3)12-10-20)26(33)24(16-18-8-13-22(27)23(28)15-18)29-25(32)19-7-5-6-17(2)14-19/h5-15,24,30H,4,16H2,1-3H3,(H,29,32). The van der Waals surface area contributed by atoms with Crippen molar-refractivity contribution in [1.29, 1.82) is 0 Å². The number of amides is 2. The zero-order chi connectivity index (χ0) is 24.7. The number of anilines is 1. The molecule has 0 saturated carbocycles. The number of rotatable bonds is 9. The Hall–Kier alpha value is -3.94. The number of nitrogens with zero attached hydrogens (tertiary/aromatic N) is 1. The van der Waals surface area contributed by atoms with Crippen LogP contribution >= 0.6 is 0 Å². The molecule has 6 nitrogen and oxygen atoms in total. The number of halogens is 2. The smallest absolute Gasteiger partial charge is 0.263 e. The molecule has 0 aliphatic carbocycles. The van der Waals surface area contributed by atoms with E-state index in [4.69, 9.17) is 4.74 Å². The molecule has 0 spiro atoms. The third-order valence-electron chi connectivity index (χ3n) is 5.24. The van der Waals surface area contributed by atoms with Gasteiger partial charge in [-0.2, -0.15) is 0 Å². The lowest BCUT2D eigenvalue weighted by Crippen LogP contribution is -2.51. The van der Waals surface area contributed by atoms with Gasteiger partial charge >= 0.3 is 0 Å². The Morgan fingerprint density at radius 1 is 1.00 bits per heavy atom. The monoisotopic (exact) mass is 467 g/mol. The Morgan fingerprint density at radius 2 is 1.74 bits per heavy atom. The molecule has 8 heteroatoms. The summed E-state index contributed by atoms with van der Waals surface area (Å²) in [5.74, 6) is -2.19. The van der Waals surface area contributed by atoms with Crippen molar-refractivity contribution < 1.29 is 23.1 Å². The lowest BCUT2D eigenvalue weighted by Gasteiger charge is -2.28. The second kappa shape index (κ2) is 11.3. The maximum Gasteiger partial charge on any atom is 0.263 e. The van der Waals surface area contributed by atoms with Crippen LogP contribution in [0.5, 0.6) is 5.75 Å². The van der Waals surface area contributed by atoms with Gasteiger partial charge in [-0.1, -0.05) is 23.8 Å². The van der Waals surface area contributed by atoms with Crippen molar-refractivity contribution in [3.05, 3.63) is 95.1 Å². The minimum Gasteiger partial charge on any atom is -0.497 e. The molecule has 3 rings (SSSR count). The summed E-state index contributed by atoms with van der Waals surface area (Å²) in [4.78, 5) is 26.4. The van der Waals surface area contributed by atoms with Gasteiger partial charge in [-0.05, 0) is 67.9 Å². The first kappa shape index (κ1) is 24.7. The molecule has 0 fully saturated rings.